The molecule has 0 atom stereocenters. The third-order valence-electron chi connectivity index (χ3n) is 6.25. The third-order valence-corrected chi connectivity index (χ3v) is 6.25. The van der Waals surface area contributed by atoms with Gasteiger partial charge in [0.25, 0.3) is 0 Å². The van der Waals surface area contributed by atoms with E-state index in [1.165, 1.54) is 0 Å². The van der Waals surface area contributed by atoms with Crippen molar-refractivity contribution in [2.24, 2.45) is 10.8 Å². The molecule has 2 aliphatic rings. The van der Waals surface area contributed by atoms with Crippen molar-refractivity contribution in [2.45, 2.75) is 45.7 Å². The van der Waals surface area contributed by atoms with E-state index < -0.39 is 29.1 Å². The van der Waals surface area contributed by atoms with E-state index in [2.05, 4.69) is 34.7 Å². The summed E-state index contributed by atoms with van der Waals surface area (Å²) in [5.41, 5.74) is 2.54. The number of alkyl halides is 3. The molecular weight excluding hydrogens is 445 g/mol. The van der Waals surface area contributed by atoms with E-state index >= 15 is 0 Å². The zero-order valence-corrected chi connectivity index (χ0v) is 18.6. The van der Waals surface area contributed by atoms with Crippen LogP contribution in [0.1, 0.15) is 45.2 Å². The van der Waals surface area contributed by atoms with Crippen LogP contribution in [0.4, 0.5) is 24.9 Å². The highest BCUT2D eigenvalue weighted by Crippen LogP contribution is 2.45. The Hall–Kier alpha value is -2.67. The number of anilines is 2. The summed E-state index contributed by atoms with van der Waals surface area (Å²) in [5, 5.41) is 10.2. The second-order valence-electron chi connectivity index (χ2n) is 9.26. The standard InChI is InChI=1S/C20H29F3N6O4/c1-18(2)3-5-19(6-4-18,12-29(32)13-30)16(31)26-27-17-24-14(20(21,22)23)11-15(25-17)28-7-9-33-10-8-28/h11,13,32H,3-10,12H2,1-2H3,(H,26,31)(H,24,25,27). The van der Waals surface area contributed by atoms with Gasteiger partial charge in [-0.25, -0.2) is 10.0 Å². The summed E-state index contributed by atoms with van der Waals surface area (Å²) in [4.78, 5) is 33.3. The van der Waals surface area contributed by atoms with Crippen molar-refractivity contribution >= 4 is 24.1 Å². The van der Waals surface area contributed by atoms with Gasteiger partial charge < -0.3 is 9.64 Å². The number of carbonyl (C=O) groups is 2. The van der Waals surface area contributed by atoms with Crippen molar-refractivity contribution in [3.63, 3.8) is 0 Å². The number of hydroxylamine groups is 2. The largest absolute Gasteiger partial charge is 0.433 e. The van der Waals surface area contributed by atoms with Crippen LogP contribution in [0.25, 0.3) is 0 Å². The zero-order chi connectivity index (χ0) is 24.3. The molecule has 2 heterocycles. The molecule has 13 heteroatoms. The predicted octanol–water partition coefficient (Wildman–Crippen LogP) is 2.21. The summed E-state index contributed by atoms with van der Waals surface area (Å²) in [5.74, 6) is -0.913. The second-order valence-corrected chi connectivity index (χ2v) is 9.26. The smallest absolute Gasteiger partial charge is 0.378 e. The molecule has 3 rings (SSSR count). The molecule has 0 unspecified atom stereocenters. The monoisotopic (exact) mass is 474 g/mol. The molecule has 3 N–H and O–H groups in total. The second kappa shape index (κ2) is 9.67. The highest BCUT2D eigenvalue weighted by atomic mass is 19.4. The molecular formula is C20H29F3N6O4. The molecule has 1 saturated carbocycles. The van der Waals surface area contributed by atoms with Crippen LogP contribution in [-0.2, 0) is 20.5 Å². The number of hydrogen-bond donors (Lipinski definition) is 3. The SMILES string of the molecule is CC1(C)CCC(CN(O)C=O)(C(=O)NNc2nc(N3CCOCC3)cc(C(F)(F)F)n2)CC1. The average Bonchev–Trinajstić information content (AvgIpc) is 2.78. The lowest BCUT2D eigenvalue weighted by Gasteiger charge is -2.42. The van der Waals surface area contributed by atoms with Crippen molar-refractivity contribution in [2.75, 3.05) is 43.2 Å². The van der Waals surface area contributed by atoms with Gasteiger partial charge in [-0.3, -0.25) is 25.6 Å². The van der Waals surface area contributed by atoms with Gasteiger partial charge in [0.05, 0.1) is 25.2 Å². The van der Waals surface area contributed by atoms with Crippen LogP contribution < -0.4 is 15.8 Å². The maximum Gasteiger partial charge on any atom is 0.433 e. The number of aromatic nitrogens is 2. The number of carbonyl (C=O) groups excluding carboxylic acids is 2. The first-order valence-electron chi connectivity index (χ1n) is 10.7. The molecule has 0 radical (unpaired) electrons. The van der Waals surface area contributed by atoms with Crippen LogP contribution in [0.2, 0.25) is 0 Å². The van der Waals surface area contributed by atoms with E-state index in [4.69, 9.17) is 4.74 Å². The van der Waals surface area contributed by atoms with Gasteiger partial charge in [0.2, 0.25) is 18.3 Å². The molecule has 0 spiro atoms. The van der Waals surface area contributed by atoms with E-state index in [9.17, 15) is 28.0 Å². The number of nitrogens with zero attached hydrogens (tertiary/aromatic N) is 4. The number of halogens is 3. The quantitative estimate of drug-likeness (QED) is 0.313. The zero-order valence-electron chi connectivity index (χ0n) is 18.6. The Morgan fingerprint density at radius 1 is 1.24 bits per heavy atom. The summed E-state index contributed by atoms with van der Waals surface area (Å²) >= 11 is 0. The highest BCUT2D eigenvalue weighted by Gasteiger charge is 2.45. The number of ether oxygens (including phenoxy) is 1. The molecule has 2 amide bonds. The van der Waals surface area contributed by atoms with Gasteiger partial charge in [-0.1, -0.05) is 13.8 Å². The van der Waals surface area contributed by atoms with Gasteiger partial charge in [-0.05, 0) is 31.1 Å². The summed E-state index contributed by atoms with van der Waals surface area (Å²) in [6.07, 6.45) is -2.36. The van der Waals surface area contributed by atoms with E-state index in [1.54, 1.807) is 4.90 Å². The summed E-state index contributed by atoms with van der Waals surface area (Å²) in [7, 11) is 0. The number of rotatable bonds is 7. The van der Waals surface area contributed by atoms with Gasteiger partial charge >= 0.3 is 6.18 Å². The Balaban J connectivity index is 1.80. The first-order valence-corrected chi connectivity index (χ1v) is 10.7. The first kappa shape index (κ1) is 25.0. The summed E-state index contributed by atoms with van der Waals surface area (Å²) in [6, 6.07) is 0.858. The summed E-state index contributed by atoms with van der Waals surface area (Å²) in [6.45, 7) is 5.35. The molecule has 184 valence electrons. The van der Waals surface area contributed by atoms with Crippen LogP contribution in [0.15, 0.2) is 6.07 Å². The molecule has 1 aromatic rings. The van der Waals surface area contributed by atoms with E-state index in [1.807, 2.05) is 0 Å². The molecule has 1 aliphatic heterocycles. The lowest BCUT2D eigenvalue weighted by molar-refractivity contribution is -0.164. The van der Waals surface area contributed by atoms with E-state index in [0.29, 0.717) is 57.0 Å². The van der Waals surface area contributed by atoms with Crippen molar-refractivity contribution in [1.29, 1.82) is 0 Å². The Morgan fingerprint density at radius 3 is 2.45 bits per heavy atom. The lowest BCUT2D eigenvalue weighted by atomic mass is 9.64. The Morgan fingerprint density at radius 2 is 1.88 bits per heavy atom. The lowest BCUT2D eigenvalue weighted by Crippen LogP contribution is -2.51. The normalized spacial score (nSPS) is 20.1. The van der Waals surface area contributed by atoms with Crippen LogP contribution in [-0.4, -0.2) is 65.4 Å². The molecule has 1 saturated heterocycles. The fraction of sp³-hybridized carbons (Fsp3) is 0.700. The van der Waals surface area contributed by atoms with Gasteiger partial charge in [0, 0.05) is 19.2 Å². The number of morpholine rings is 1. The van der Waals surface area contributed by atoms with Crippen molar-refractivity contribution in [1.82, 2.24) is 20.5 Å². The van der Waals surface area contributed by atoms with Crippen LogP contribution in [0, 0.1) is 10.8 Å². The van der Waals surface area contributed by atoms with Gasteiger partial charge in [0.1, 0.15) is 5.82 Å². The van der Waals surface area contributed by atoms with Crippen molar-refractivity contribution in [3.05, 3.63) is 11.8 Å². The Kier molecular flexibility index (Phi) is 7.32. The minimum atomic E-state index is -4.71. The maximum absolute atomic E-state index is 13.4. The minimum Gasteiger partial charge on any atom is -0.378 e. The van der Waals surface area contributed by atoms with Gasteiger partial charge in [-0.15, -0.1) is 0 Å². The fourth-order valence-corrected chi connectivity index (χ4v) is 4.04. The molecule has 1 aliphatic carbocycles. The molecule has 10 nitrogen and oxygen atoms in total. The van der Waals surface area contributed by atoms with Crippen LogP contribution >= 0.6 is 0 Å². The Bertz CT molecular complexity index is 851. The first-order chi connectivity index (χ1) is 15.4. The fourth-order valence-electron chi connectivity index (χ4n) is 4.04. The van der Waals surface area contributed by atoms with E-state index in [-0.39, 0.29) is 24.2 Å². The molecule has 1 aromatic heterocycles. The average molecular weight is 474 g/mol. The maximum atomic E-state index is 13.4. The van der Waals surface area contributed by atoms with Crippen LogP contribution in [0.3, 0.4) is 0 Å². The molecule has 0 aromatic carbocycles. The predicted molar refractivity (Wildman–Crippen MR) is 111 cm³/mol. The topological polar surface area (TPSA) is 120 Å². The number of nitrogens with one attached hydrogen (secondary N) is 2. The van der Waals surface area contributed by atoms with Crippen molar-refractivity contribution in [3.8, 4) is 0 Å². The number of amides is 2. The van der Waals surface area contributed by atoms with Gasteiger partial charge in [0.15, 0.2) is 5.69 Å². The van der Waals surface area contributed by atoms with Crippen LogP contribution in [0.5, 0.6) is 0 Å². The Labute approximate surface area is 189 Å². The summed E-state index contributed by atoms with van der Waals surface area (Å²) < 4.78 is 45.5. The highest BCUT2D eigenvalue weighted by molar-refractivity contribution is 5.84. The molecule has 0 bridgehead atoms. The minimum absolute atomic E-state index is 0.00408. The number of hydrogen-bond acceptors (Lipinski definition) is 8. The third kappa shape index (κ3) is 6.22. The number of hydrazine groups is 1. The van der Waals surface area contributed by atoms with Gasteiger partial charge in [-0.2, -0.15) is 18.2 Å². The van der Waals surface area contributed by atoms with E-state index in [0.717, 1.165) is 6.07 Å². The molecule has 33 heavy (non-hydrogen) atoms. The molecule has 2 fully saturated rings. The van der Waals surface area contributed by atoms with Crippen molar-refractivity contribution < 1.29 is 32.7 Å².